The van der Waals surface area contributed by atoms with Crippen molar-refractivity contribution in [3.63, 3.8) is 0 Å². The van der Waals surface area contributed by atoms with Crippen molar-refractivity contribution in [2.45, 2.75) is 32.1 Å². The molecule has 6 rings (SSSR count). The summed E-state index contributed by atoms with van der Waals surface area (Å²) in [6.07, 6.45) is 6.58. The number of aromatic nitrogens is 5. The summed E-state index contributed by atoms with van der Waals surface area (Å²) in [5.41, 5.74) is 4.58. The maximum absolute atomic E-state index is 14.0. The van der Waals surface area contributed by atoms with E-state index in [2.05, 4.69) is 30.6 Å². The van der Waals surface area contributed by atoms with Crippen LogP contribution in [0.2, 0.25) is 0 Å². The van der Waals surface area contributed by atoms with Crippen LogP contribution >= 0.6 is 0 Å². The van der Waals surface area contributed by atoms with Gasteiger partial charge in [0.15, 0.2) is 0 Å². The van der Waals surface area contributed by atoms with E-state index in [9.17, 15) is 14.0 Å². The van der Waals surface area contributed by atoms with Crippen LogP contribution in [0.3, 0.4) is 0 Å². The molecule has 1 aliphatic rings. The van der Waals surface area contributed by atoms with Crippen LogP contribution in [-0.4, -0.2) is 55.2 Å². The number of alkyl halides is 1. The van der Waals surface area contributed by atoms with Gasteiger partial charge in [-0.1, -0.05) is 18.2 Å². The third kappa shape index (κ3) is 5.46. The van der Waals surface area contributed by atoms with Crippen molar-refractivity contribution in [3.05, 3.63) is 96.8 Å². The first-order chi connectivity index (χ1) is 20.4. The standard InChI is InChI=1S/C30H27FN8O3/c1-18(31)25-17-42-30(41)39(25)27-11-12-33-29(37-27)35-19(2)24-9-5-21(15-34-24)20-3-7-23(8-4-20)36-28(40)22-6-10-26-32-13-14-38(26)16-22/h3-16,18-19,25H,17H2,1-2H3,(H,36,40)(H,33,35,37)/t18-,19-,25+/m0/s1. The van der Waals surface area contributed by atoms with E-state index in [4.69, 9.17) is 4.74 Å². The first-order valence-electron chi connectivity index (χ1n) is 13.4. The highest BCUT2D eigenvalue weighted by molar-refractivity contribution is 6.04. The van der Waals surface area contributed by atoms with Gasteiger partial charge in [-0.25, -0.2) is 19.2 Å². The van der Waals surface area contributed by atoms with E-state index in [1.54, 1.807) is 47.4 Å². The predicted molar refractivity (Wildman–Crippen MR) is 155 cm³/mol. The van der Waals surface area contributed by atoms with Crippen molar-refractivity contribution in [2.75, 3.05) is 22.1 Å². The van der Waals surface area contributed by atoms with Gasteiger partial charge in [-0.15, -0.1) is 0 Å². The minimum atomic E-state index is -1.27. The first kappa shape index (κ1) is 26.8. The van der Waals surface area contributed by atoms with E-state index in [0.29, 0.717) is 11.3 Å². The molecule has 11 nitrogen and oxygen atoms in total. The third-order valence-electron chi connectivity index (χ3n) is 7.03. The quantitative estimate of drug-likeness (QED) is 0.259. The third-order valence-corrected chi connectivity index (χ3v) is 7.03. The molecule has 42 heavy (non-hydrogen) atoms. The minimum absolute atomic E-state index is 0.0309. The summed E-state index contributed by atoms with van der Waals surface area (Å²) in [6, 6.07) is 15.5. The number of nitrogens with one attached hydrogen (secondary N) is 2. The van der Waals surface area contributed by atoms with Crippen LogP contribution in [0.15, 0.2) is 85.6 Å². The number of ether oxygens (including phenoxy) is 1. The van der Waals surface area contributed by atoms with E-state index >= 15 is 0 Å². The van der Waals surface area contributed by atoms with Gasteiger partial charge in [-0.3, -0.25) is 14.7 Å². The molecule has 12 heteroatoms. The van der Waals surface area contributed by atoms with Gasteiger partial charge in [0.1, 0.15) is 30.3 Å². The summed E-state index contributed by atoms with van der Waals surface area (Å²) < 4.78 is 20.8. The Morgan fingerprint density at radius 1 is 1.00 bits per heavy atom. The number of fused-ring (bicyclic) bond motifs is 1. The molecule has 3 atom stereocenters. The lowest BCUT2D eigenvalue weighted by molar-refractivity contribution is 0.102. The SMILES string of the molecule is C[C@H](Nc1nccc(N2C(=O)OC[C@@H]2[C@H](C)F)n1)c1ccc(-c2ccc(NC(=O)c3ccc4nccn4c3)cc2)cn1. The molecule has 0 bridgehead atoms. The molecule has 5 aromatic rings. The Morgan fingerprint density at radius 3 is 2.57 bits per heavy atom. The van der Waals surface area contributed by atoms with Crippen LogP contribution in [-0.2, 0) is 4.74 Å². The van der Waals surface area contributed by atoms with Crippen LogP contribution in [0.4, 0.5) is 26.6 Å². The van der Waals surface area contributed by atoms with Crippen LogP contribution < -0.4 is 15.5 Å². The number of anilines is 3. The highest BCUT2D eigenvalue weighted by Crippen LogP contribution is 2.26. The second kappa shape index (κ2) is 11.2. The Bertz CT molecular complexity index is 1740. The molecule has 0 aliphatic carbocycles. The fraction of sp³-hybridized carbons (Fsp3) is 0.200. The molecule has 0 unspecified atom stereocenters. The number of imidazole rings is 1. The van der Waals surface area contributed by atoms with Crippen molar-refractivity contribution >= 4 is 35.1 Å². The largest absolute Gasteiger partial charge is 0.447 e. The Morgan fingerprint density at radius 2 is 1.81 bits per heavy atom. The van der Waals surface area contributed by atoms with Gasteiger partial charge >= 0.3 is 6.09 Å². The molecule has 0 radical (unpaired) electrons. The molecule has 1 fully saturated rings. The van der Waals surface area contributed by atoms with Gasteiger partial charge < -0.3 is 19.8 Å². The average molecular weight is 567 g/mol. The Hall–Kier alpha value is -5.39. The minimum Gasteiger partial charge on any atom is -0.447 e. The number of nitrogens with zero attached hydrogens (tertiary/aromatic N) is 6. The monoisotopic (exact) mass is 566 g/mol. The fourth-order valence-corrected chi connectivity index (χ4v) is 4.69. The topological polar surface area (TPSA) is 127 Å². The molecule has 2 amide bonds. The van der Waals surface area contributed by atoms with Crippen molar-refractivity contribution < 1.29 is 18.7 Å². The molecule has 0 spiro atoms. The Labute approximate surface area is 240 Å². The Kier molecular flexibility index (Phi) is 7.17. The van der Waals surface area contributed by atoms with E-state index in [1.165, 1.54) is 18.0 Å². The van der Waals surface area contributed by atoms with Crippen molar-refractivity contribution in [1.82, 2.24) is 24.3 Å². The van der Waals surface area contributed by atoms with Crippen molar-refractivity contribution in [2.24, 2.45) is 0 Å². The zero-order valence-corrected chi connectivity index (χ0v) is 22.8. The molecular formula is C30H27FN8O3. The summed E-state index contributed by atoms with van der Waals surface area (Å²) in [5.74, 6) is 0.329. The summed E-state index contributed by atoms with van der Waals surface area (Å²) in [6.45, 7) is 3.27. The normalized spacial score (nSPS) is 16.2. The van der Waals surface area contributed by atoms with E-state index in [-0.39, 0.29) is 30.3 Å². The fourth-order valence-electron chi connectivity index (χ4n) is 4.69. The smallest absolute Gasteiger partial charge is 0.416 e. The summed E-state index contributed by atoms with van der Waals surface area (Å²) in [4.78, 5) is 43.5. The lowest BCUT2D eigenvalue weighted by Gasteiger charge is -2.22. The molecule has 1 aliphatic heterocycles. The molecule has 2 N–H and O–H groups in total. The average Bonchev–Trinajstić information content (AvgIpc) is 3.64. The van der Waals surface area contributed by atoms with Gasteiger partial charge in [0, 0.05) is 42.2 Å². The van der Waals surface area contributed by atoms with Gasteiger partial charge in [-0.05, 0) is 55.8 Å². The van der Waals surface area contributed by atoms with Gasteiger partial charge in [-0.2, -0.15) is 4.98 Å². The lowest BCUT2D eigenvalue weighted by Crippen LogP contribution is -2.39. The number of hydrogen-bond acceptors (Lipinski definition) is 8. The molecule has 1 saturated heterocycles. The maximum Gasteiger partial charge on any atom is 0.416 e. The summed E-state index contributed by atoms with van der Waals surface area (Å²) in [5, 5.41) is 6.10. The maximum atomic E-state index is 14.0. The number of amides is 2. The first-order valence-corrected chi connectivity index (χ1v) is 13.4. The van der Waals surface area contributed by atoms with Crippen LogP contribution in [0.25, 0.3) is 16.8 Å². The predicted octanol–water partition coefficient (Wildman–Crippen LogP) is 5.29. The second-order valence-electron chi connectivity index (χ2n) is 9.91. The lowest BCUT2D eigenvalue weighted by atomic mass is 10.1. The van der Waals surface area contributed by atoms with E-state index < -0.39 is 18.3 Å². The number of cyclic esters (lactones) is 1. The number of carbonyl (C=O) groups is 2. The number of carbonyl (C=O) groups excluding carboxylic acids is 2. The number of halogens is 1. The van der Waals surface area contributed by atoms with Crippen molar-refractivity contribution in [1.29, 1.82) is 0 Å². The van der Waals surface area contributed by atoms with E-state index in [1.807, 2.05) is 43.3 Å². The second-order valence-corrected chi connectivity index (χ2v) is 9.91. The van der Waals surface area contributed by atoms with Gasteiger partial charge in [0.2, 0.25) is 5.95 Å². The van der Waals surface area contributed by atoms with Gasteiger partial charge in [0.05, 0.1) is 17.3 Å². The summed E-state index contributed by atoms with van der Waals surface area (Å²) >= 11 is 0. The van der Waals surface area contributed by atoms with Crippen LogP contribution in [0.5, 0.6) is 0 Å². The molecule has 1 aromatic carbocycles. The highest BCUT2D eigenvalue weighted by Gasteiger charge is 2.39. The summed E-state index contributed by atoms with van der Waals surface area (Å²) in [7, 11) is 0. The zero-order chi connectivity index (χ0) is 29.2. The molecule has 4 aromatic heterocycles. The Balaban J connectivity index is 1.09. The van der Waals surface area contributed by atoms with E-state index in [0.717, 1.165) is 22.5 Å². The molecule has 212 valence electrons. The van der Waals surface area contributed by atoms with Crippen LogP contribution in [0.1, 0.15) is 35.9 Å². The number of benzene rings is 1. The number of pyridine rings is 2. The molecule has 0 saturated carbocycles. The highest BCUT2D eigenvalue weighted by atomic mass is 19.1. The van der Waals surface area contributed by atoms with Crippen LogP contribution in [0, 0.1) is 0 Å². The zero-order valence-electron chi connectivity index (χ0n) is 22.8. The number of hydrogen-bond donors (Lipinski definition) is 2. The molecular weight excluding hydrogens is 539 g/mol. The number of rotatable bonds is 8. The molecule has 5 heterocycles. The van der Waals surface area contributed by atoms with Gasteiger partial charge in [0.25, 0.3) is 5.91 Å². The van der Waals surface area contributed by atoms with Crippen molar-refractivity contribution in [3.8, 4) is 11.1 Å².